The summed E-state index contributed by atoms with van der Waals surface area (Å²) in [5, 5.41) is 11.7. The molecular formula is C24H28N2O5. The predicted octanol–water partition coefficient (Wildman–Crippen LogP) is 3.63. The highest BCUT2D eigenvalue weighted by molar-refractivity contribution is 5.88. The molecule has 31 heavy (non-hydrogen) atoms. The van der Waals surface area contributed by atoms with E-state index in [2.05, 4.69) is 17.4 Å². The number of alkyl carbamates (subject to hydrolysis) is 1. The zero-order valence-electron chi connectivity index (χ0n) is 18.0. The summed E-state index contributed by atoms with van der Waals surface area (Å²) in [5.74, 6) is -1.61. The van der Waals surface area contributed by atoms with Crippen LogP contribution in [0.1, 0.15) is 44.2 Å². The average Bonchev–Trinajstić information content (AvgIpc) is 3.07. The van der Waals surface area contributed by atoms with Crippen molar-refractivity contribution < 1.29 is 24.2 Å². The fourth-order valence-electron chi connectivity index (χ4n) is 3.98. The molecule has 2 N–H and O–H groups in total. The SMILES string of the molecule is CC[C@@H](NC(=O)OCC1c2ccccc2-c2ccccc21)C(=O)N(CC(=O)O)C(C)C. The van der Waals surface area contributed by atoms with Crippen molar-refractivity contribution in [3.05, 3.63) is 59.7 Å². The number of carbonyl (C=O) groups is 3. The number of nitrogens with one attached hydrogen (secondary N) is 1. The van der Waals surface area contributed by atoms with Gasteiger partial charge >= 0.3 is 12.1 Å². The standard InChI is InChI=1S/C24H28N2O5/c1-4-21(23(29)26(15(2)3)13-22(27)28)25-24(30)31-14-20-18-11-7-5-9-16(18)17-10-6-8-12-19(17)20/h5-12,15,20-21H,4,13-14H2,1-3H3,(H,25,30)(H,27,28)/t21-/m1/s1. The molecule has 0 bridgehead atoms. The third kappa shape index (κ3) is 4.87. The van der Waals surface area contributed by atoms with Gasteiger partial charge in [0, 0.05) is 12.0 Å². The second kappa shape index (κ2) is 9.64. The molecule has 2 aromatic rings. The Morgan fingerprint density at radius 2 is 1.58 bits per heavy atom. The molecule has 0 radical (unpaired) electrons. The van der Waals surface area contributed by atoms with Gasteiger partial charge < -0.3 is 20.1 Å². The number of nitrogens with zero attached hydrogens (tertiary/aromatic N) is 1. The van der Waals surface area contributed by atoms with Crippen LogP contribution in [0.2, 0.25) is 0 Å². The van der Waals surface area contributed by atoms with Gasteiger partial charge in [-0.05, 0) is 42.5 Å². The third-order valence-electron chi connectivity index (χ3n) is 5.55. The van der Waals surface area contributed by atoms with E-state index in [9.17, 15) is 14.4 Å². The number of carboxylic acids is 1. The molecule has 2 amide bonds. The van der Waals surface area contributed by atoms with Crippen molar-refractivity contribution >= 4 is 18.0 Å². The molecule has 7 heteroatoms. The van der Waals surface area contributed by atoms with Gasteiger partial charge in [-0.15, -0.1) is 0 Å². The largest absolute Gasteiger partial charge is 0.480 e. The lowest BCUT2D eigenvalue weighted by atomic mass is 9.98. The van der Waals surface area contributed by atoms with Crippen LogP contribution >= 0.6 is 0 Å². The second-order valence-corrected chi connectivity index (χ2v) is 7.88. The van der Waals surface area contributed by atoms with Crippen LogP contribution < -0.4 is 5.32 Å². The minimum absolute atomic E-state index is 0.0758. The van der Waals surface area contributed by atoms with Crippen molar-refractivity contribution in [1.82, 2.24) is 10.2 Å². The molecule has 2 aromatic carbocycles. The van der Waals surface area contributed by atoms with Crippen molar-refractivity contribution in [2.75, 3.05) is 13.2 Å². The normalized spacial score (nSPS) is 13.3. The number of hydrogen-bond donors (Lipinski definition) is 2. The Hall–Kier alpha value is -3.35. The van der Waals surface area contributed by atoms with Crippen LogP contribution in [0.15, 0.2) is 48.5 Å². The molecule has 0 spiro atoms. The minimum Gasteiger partial charge on any atom is -0.480 e. The van der Waals surface area contributed by atoms with E-state index < -0.39 is 30.6 Å². The summed E-state index contributed by atoms with van der Waals surface area (Å²) in [6.07, 6.45) is -0.368. The Balaban J connectivity index is 1.67. The predicted molar refractivity (Wildman–Crippen MR) is 117 cm³/mol. The van der Waals surface area contributed by atoms with Gasteiger partial charge in [0.1, 0.15) is 19.2 Å². The Bertz CT molecular complexity index is 926. The zero-order valence-corrected chi connectivity index (χ0v) is 18.0. The number of benzene rings is 2. The molecule has 3 rings (SSSR count). The topological polar surface area (TPSA) is 95.9 Å². The molecule has 0 saturated carbocycles. The summed E-state index contributed by atoms with van der Waals surface area (Å²) in [7, 11) is 0. The van der Waals surface area contributed by atoms with Crippen LogP contribution in [-0.2, 0) is 14.3 Å². The van der Waals surface area contributed by atoms with Crippen molar-refractivity contribution in [2.24, 2.45) is 0 Å². The van der Waals surface area contributed by atoms with Crippen LogP contribution in [0.3, 0.4) is 0 Å². The summed E-state index contributed by atoms with van der Waals surface area (Å²) in [6.45, 7) is 4.96. The van der Waals surface area contributed by atoms with Crippen molar-refractivity contribution in [3.8, 4) is 11.1 Å². The van der Waals surface area contributed by atoms with Crippen molar-refractivity contribution in [2.45, 2.75) is 45.2 Å². The van der Waals surface area contributed by atoms with E-state index in [0.717, 1.165) is 22.3 Å². The van der Waals surface area contributed by atoms with Crippen LogP contribution in [0.4, 0.5) is 4.79 Å². The molecule has 0 heterocycles. The van der Waals surface area contributed by atoms with Gasteiger partial charge in [0.2, 0.25) is 5.91 Å². The van der Waals surface area contributed by atoms with Crippen molar-refractivity contribution in [3.63, 3.8) is 0 Å². The van der Waals surface area contributed by atoms with Gasteiger partial charge in [0.05, 0.1) is 0 Å². The number of aliphatic carboxylic acids is 1. The summed E-state index contributed by atoms with van der Waals surface area (Å²) < 4.78 is 5.51. The molecule has 164 valence electrons. The van der Waals surface area contributed by atoms with Gasteiger partial charge in [0.25, 0.3) is 0 Å². The monoisotopic (exact) mass is 424 g/mol. The van der Waals surface area contributed by atoms with E-state index >= 15 is 0 Å². The quantitative estimate of drug-likeness (QED) is 0.675. The minimum atomic E-state index is -1.10. The number of carbonyl (C=O) groups excluding carboxylic acids is 2. The first-order chi connectivity index (χ1) is 14.8. The molecular weight excluding hydrogens is 396 g/mol. The Labute approximate surface area is 182 Å². The van der Waals surface area contributed by atoms with E-state index in [0.29, 0.717) is 6.42 Å². The Morgan fingerprint density at radius 1 is 1.03 bits per heavy atom. The number of ether oxygens (including phenoxy) is 1. The average molecular weight is 424 g/mol. The molecule has 0 saturated heterocycles. The van der Waals surface area contributed by atoms with E-state index in [1.807, 2.05) is 36.4 Å². The lowest BCUT2D eigenvalue weighted by Gasteiger charge is -2.29. The molecule has 1 aliphatic carbocycles. The Kier molecular flexibility index (Phi) is 6.95. The molecule has 1 aliphatic rings. The number of rotatable bonds is 8. The highest BCUT2D eigenvalue weighted by Crippen LogP contribution is 2.44. The smallest absolute Gasteiger partial charge is 0.407 e. The molecule has 7 nitrogen and oxygen atoms in total. The lowest BCUT2D eigenvalue weighted by Crippen LogP contribution is -2.52. The number of carboxylic acid groups (broad SMARTS) is 1. The summed E-state index contributed by atoms with van der Waals surface area (Å²) >= 11 is 0. The first kappa shape index (κ1) is 22.3. The van der Waals surface area contributed by atoms with E-state index in [-0.39, 0.29) is 18.6 Å². The highest BCUT2D eigenvalue weighted by atomic mass is 16.5. The highest BCUT2D eigenvalue weighted by Gasteiger charge is 2.31. The number of hydrogen-bond acceptors (Lipinski definition) is 4. The van der Waals surface area contributed by atoms with Crippen molar-refractivity contribution in [1.29, 1.82) is 0 Å². The molecule has 0 aromatic heterocycles. The fraction of sp³-hybridized carbons (Fsp3) is 0.375. The maximum Gasteiger partial charge on any atom is 0.407 e. The summed E-state index contributed by atoms with van der Waals surface area (Å²) in [6, 6.07) is 14.9. The number of fused-ring (bicyclic) bond motifs is 3. The van der Waals surface area contributed by atoms with Crippen LogP contribution in [0.5, 0.6) is 0 Å². The summed E-state index contributed by atoms with van der Waals surface area (Å²) in [5.41, 5.74) is 4.48. The zero-order chi connectivity index (χ0) is 22.5. The van der Waals surface area contributed by atoms with Crippen LogP contribution in [0.25, 0.3) is 11.1 Å². The molecule has 0 unspecified atom stereocenters. The Morgan fingerprint density at radius 3 is 2.06 bits per heavy atom. The maximum atomic E-state index is 12.8. The second-order valence-electron chi connectivity index (χ2n) is 7.88. The third-order valence-corrected chi connectivity index (χ3v) is 5.55. The van der Waals surface area contributed by atoms with Gasteiger partial charge in [-0.2, -0.15) is 0 Å². The number of amides is 2. The van der Waals surface area contributed by atoms with E-state index in [4.69, 9.17) is 9.84 Å². The van der Waals surface area contributed by atoms with Gasteiger partial charge in [0.15, 0.2) is 0 Å². The molecule has 0 aliphatic heterocycles. The lowest BCUT2D eigenvalue weighted by molar-refractivity contribution is -0.146. The summed E-state index contributed by atoms with van der Waals surface area (Å²) in [4.78, 5) is 37.6. The maximum absolute atomic E-state index is 12.8. The van der Waals surface area contributed by atoms with Gasteiger partial charge in [-0.1, -0.05) is 55.5 Å². The first-order valence-electron chi connectivity index (χ1n) is 10.5. The molecule has 0 fully saturated rings. The molecule has 1 atom stereocenters. The van der Waals surface area contributed by atoms with E-state index in [1.165, 1.54) is 4.90 Å². The first-order valence-corrected chi connectivity index (χ1v) is 10.5. The van der Waals surface area contributed by atoms with E-state index in [1.54, 1.807) is 20.8 Å². The van der Waals surface area contributed by atoms with Crippen LogP contribution in [-0.4, -0.2) is 53.2 Å². The fourth-order valence-corrected chi connectivity index (χ4v) is 3.98. The van der Waals surface area contributed by atoms with Crippen LogP contribution in [0, 0.1) is 0 Å². The van der Waals surface area contributed by atoms with Gasteiger partial charge in [-0.3, -0.25) is 9.59 Å². The van der Waals surface area contributed by atoms with Gasteiger partial charge in [-0.25, -0.2) is 4.79 Å².